The predicted molar refractivity (Wildman–Crippen MR) is 68.9 cm³/mol. The Hall–Kier alpha value is -1.30. The molecular formula is C13H22N2O4. The van der Waals surface area contributed by atoms with Crippen LogP contribution < -0.4 is 5.32 Å². The number of rotatable bonds is 2. The van der Waals surface area contributed by atoms with Crippen molar-refractivity contribution in [3.63, 3.8) is 0 Å². The molecule has 0 unspecified atom stereocenters. The number of hydrogen-bond acceptors (Lipinski definition) is 3. The fourth-order valence-electron chi connectivity index (χ4n) is 2.70. The maximum absolute atomic E-state index is 12.1. The Balaban J connectivity index is 1.75. The molecule has 2 aliphatic rings. The number of carbonyl (C=O) groups is 2. The zero-order valence-corrected chi connectivity index (χ0v) is 11.1. The second-order valence-corrected chi connectivity index (χ2v) is 5.29. The smallest absolute Gasteiger partial charge is 0.317 e. The third kappa shape index (κ3) is 4.09. The molecule has 1 saturated carbocycles. The average Bonchev–Trinajstić information content (AvgIpc) is 2.68. The standard InChI is InChI=1S/C13H22N2O4/c16-12(17)10-2-4-11(5-3-10)14-13(18)15-6-1-8-19-9-7-15/h10-11H,1-9H2,(H,14,18)(H,16,17). The molecule has 1 heterocycles. The Bertz CT molecular complexity index is 319. The molecule has 0 bridgehead atoms. The van der Waals surface area contributed by atoms with E-state index in [2.05, 4.69) is 5.32 Å². The normalized spacial score (nSPS) is 28.5. The molecule has 0 aromatic rings. The van der Waals surface area contributed by atoms with E-state index < -0.39 is 5.97 Å². The van der Waals surface area contributed by atoms with Gasteiger partial charge in [0.25, 0.3) is 0 Å². The van der Waals surface area contributed by atoms with Crippen LogP contribution in [0.2, 0.25) is 0 Å². The Labute approximate surface area is 113 Å². The van der Waals surface area contributed by atoms with Crippen LogP contribution >= 0.6 is 0 Å². The molecule has 0 radical (unpaired) electrons. The molecule has 1 aliphatic carbocycles. The number of carbonyl (C=O) groups excluding carboxylic acids is 1. The van der Waals surface area contributed by atoms with Crippen molar-refractivity contribution in [1.29, 1.82) is 0 Å². The van der Waals surface area contributed by atoms with Crippen LogP contribution in [-0.2, 0) is 9.53 Å². The summed E-state index contributed by atoms with van der Waals surface area (Å²) in [5, 5.41) is 11.9. The van der Waals surface area contributed by atoms with E-state index in [1.54, 1.807) is 4.90 Å². The average molecular weight is 270 g/mol. The first-order chi connectivity index (χ1) is 9.16. The molecule has 0 aromatic carbocycles. The fraction of sp³-hybridized carbons (Fsp3) is 0.846. The van der Waals surface area contributed by atoms with Gasteiger partial charge >= 0.3 is 12.0 Å². The van der Waals surface area contributed by atoms with E-state index >= 15 is 0 Å². The topological polar surface area (TPSA) is 78.9 Å². The Morgan fingerprint density at radius 2 is 1.84 bits per heavy atom. The van der Waals surface area contributed by atoms with Gasteiger partial charge in [0.2, 0.25) is 0 Å². The Morgan fingerprint density at radius 1 is 1.11 bits per heavy atom. The first kappa shape index (κ1) is 14.1. The van der Waals surface area contributed by atoms with Crippen LogP contribution in [0, 0.1) is 5.92 Å². The monoisotopic (exact) mass is 270 g/mol. The van der Waals surface area contributed by atoms with Crippen molar-refractivity contribution >= 4 is 12.0 Å². The summed E-state index contributed by atoms with van der Waals surface area (Å²) in [4.78, 5) is 24.7. The summed E-state index contributed by atoms with van der Waals surface area (Å²) in [6, 6.07) is 0.0801. The van der Waals surface area contributed by atoms with Gasteiger partial charge < -0.3 is 20.1 Å². The van der Waals surface area contributed by atoms with Gasteiger partial charge in [0, 0.05) is 25.7 Å². The molecule has 1 saturated heterocycles. The van der Waals surface area contributed by atoms with Crippen LogP contribution in [0.3, 0.4) is 0 Å². The van der Waals surface area contributed by atoms with Crippen LogP contribution in [0.4, 0.5) is 4.79 Å². The van der Waals surface area contributed by atoms with Gasteiger partial charge in [-0.3, -0.25) is 4.79 Å². The van der Waals surface area contributed by atoms with E-state index in [1.807, 2.05) is 0 Å². The van der Waals surface area contributed by atoms with Gasteiger partial charge in [-0.25, -0.2) is 4.79 Å². The summed E-state index contributed by atoms with van der Waals surface area (Å²) in [5.41, 5.74) is 0. The number of ether oxygens (including phenoxy) is 1. The van der Waals surface area contributed by atoms with E-state index in [9.17, 15) is 9.59 Å². The lowest BCUT2D eigenvalue weighted by atomic mass is 9.86. The van der Waals surface area contributed by atoms with Crippen LogP contribution in [-0.4, -0.2) is 54.4 Å². The van der Waals surface area contributed by atoms with E-state index in [1.165, 1.54) is 0 Å². The number of nitrogens with one attached hydrogen (secondary N) is 1. The Kier molecular flexibility index (Phi) is 5.01. The van der Waals surface area contributed by atoms with Crippen LogP contribution in [0.25, 0.3) is 0 Å². The van der Waals surface area contributed by atoms with Gasteiger partial charge in [0.1, 0.15) is 0 Å². The highest BCUT2D eigenvalue weighted by atomic mass is 16.5. The van der Waals surface area contributed by atoms with Gasteiger partial charge in [-0.2, -0.15) is 0 Å². The minimum atomic E-state index is -0.713. The van der Waals surface area contributed by atoms with Crippen molar-refractivity contribution in [3.05, 3.63) is 0 Å². The van der Waals surface area contributed by atoms with Crippen LogP contribution in [0.5, 0.6) is 0 Å². The minimum absolute atomic E-state index is 0.0377. The summed E-state index contributed by atoms with van der Waals surface area (Å²) in [7, 11) is 0. The molecule has 2 rings (SSSR count). The quantitative estimate of drug-likeness (QED) is 0.786. The molecular weight excluding hydrogens is 248 g/mol. The molecule has 0 aromatic heterocycles. The highest BCUT2D eigenvalue weighted by Gasteiger charge is 2.27. The summed E-state index contributed by atoms with van der Waals surface area (Å²) in [5.74, 6) is -0.950. The second kappa shape index (κ2) is 6.75. The number of nitrogens with zero attached hydrogens (tertiary/aromatic N) is 1. The molecule has 2 N–H and O–H groups in total. The zero-order valence-electron chi connectivity index (χ0n) is 11.1. The number of carboxylic acids is 1. The van der Waals surface area contributed by atoms with Crippen LogP contribution in [0.1, 0.15) is 32.1 Å². The van der Waals surface area contributed by atoms with Gasteiger partial charge in [-0.05, 0) is 32.1 Å². The maximum atomic E-state index is 12.1. The number of urea groups is 1. The minimum Gasteiger partial charge on any atom is -0.481 e. The van der Waals surface area contributed by atoms with E-state index in [-0.39, 0.29) is 18.0 Å². The highest BCUT2D eigenvalue weighted by molar-refractivity contribution is 5.74. The molecule has 6 nitrogen and oxygen atoms in total. The summed E-state index contributed by atoms with van der Waals surface area (Å²) < 4.78 is 5.32. The number of carboxylic acid groups (broad SMARTS) is 1. The molecule has 0 atom stereocenters. The molecule has 6 heteroatoms. The van der Waals surface area contributed by atoms with Gasteiger partial charge in [-0.1, -0.05) is 0 Å². The first-order valence-corrected chi connectivity index (χ1v) is 7.03. The SMILES string of the molecule is O=C(O)C1CCC(NC(=O)N2CCCOCC2)CC1. The molecule has 2 fully saturated rings. The lowest BCUT2D eigenvalue weighted by Crippen LogP contribution is -2.47. The Morgan fingerprint density at radius 3 is 2.53 bits per heavy atom. The van der Waals surface area contributed by atoms with Crippen molar-refractivity contribution in [3.8, 4) is 0 Å². The van der Waals surface area contributed by atoms with Crippen molar-refractivity contribution in [2.45, 2.75) is 38.1 Å². The summed E-state index contributed by atoms with van der Waals surface area (Å²) in [6.07, 6.45) is 3.70. The van der Waals surface area contributed by atoms with Crippen molar-refractivity contribution < 1.29 is 19.4 Å². The lowest BCUT2D eigenvalue weighted by Gasteiger charge is -2.29. The van der Waals surface area contributed by atoms with E-state index in [0.29, 0.717) is 32.6 Å². The number of aliphatic carboxylic acids is 1. The van der Waals surface area contributed by atoms with Crippen LogP contribution in [0.15, 0.2) is 0 Å². The van der Waals surface area contributed by atoms with Crippen molar-refractivity contribution in [2.75, 3.05) is 26.3 Å². The van der Waals surface area contributed by atoms with Gasteiger partial charge in [0.15, 0.2) is 0 Å². The molecule has 1 aliphatic heterocycles. The molecule has 2 amide bonds. The number of hydrogen-bond donors (Lipinski definition) is 2. The van der Waals surface area contributed by atoms with Crippen molar-refractivity contribution in [2.24, 2.45) is 5.92 Å². The van der Waals surface area contributed by atoms with Gasteiger partial charge in [0.05, 0.1) is 12.5 Å². The summed E-state index contributed by atoms with van der Waals surface area (Å²) >= 11 is 0. The third-order valence-electron chi connectivity index (χ3n) is 3.91. The fourth-order valence-corrected chi connectivity index (χ4v) is 2.70. The summed E-state index contributed by atoms with van der Waals surface area (Å²) in [6.45, 7) is 2.68. The number of amides is 2. The van der Waals surface area contributed by atoms with E-state index in [0.717, 1.165) is 25.8 Å². The molecule has 108 valence electrons. The zero-order chi connectivity index (χ0) is 13.7. The second-order valence-electron chi connectivity index (χ2n) is 5.29. The highest BCUT2D eigenvalue weighted by Crippen LogP contribution is 2.24. The molecule has 0 spiro atoms. The van der Waals surface area contributed by atoms with E-state index in [4.69, 9.17) is 9.84 Å². The largest absolute Gasteiger partial charge is 0.481 e. The van der Waals surface area contributed by atoms with Gasteiger partial charge in [-0.15, -0.1) is 0 Å². The maximum Gasteiger partial charge on any atom is 0.317 e. The molecule has 19 heavy (non-hydrogen) atoms. The lowest BCUT2D eigenvalue weighted by molar-refractivity contribution is -0.142. The first-order valence-electron chi connectivity index (χ1n) is 7.03. The van der Waals surface area contributed by atoms with Crippen molar-refractivity contribution in [1.82, 2.24) is 10.2 Å². The third-order valence-corrected chi connectivity index (χ3v) is 3.91. The predicted octanol–water partition coefficient (Wildman–Crippen LogP) is 1.06.